The number of aromatic nitrogens is 2. The number of hydrogen-bond donors (Lipinski definition) is 1. The van der Waals surface area contributed by atoms with Gasteiger partial charge in [0.15, 0.2) is 0 Å². The van der Waals surface area contributed by atoms with Crippen molar-refractivity contribution in [1.29, 1.82) is 0 Å². The smallest absolute Gasteiger partial charge is 0.130 e. The molecule has 0 saturated carbocycles. The van der Waals surface area contributed by atoms with Crippen molar-refractivity contribution < 1.29 is 4.42 Å². The summed E-state index contributed by atoms with van der Waals surface area (Å²) in [5.74, 6) is 3.00. The highest BCUT2D eigenvalue weighted by atomic mass is 16.3. The van der Waals surface area contributed by atoms with Gasteiger partial charge in [-0.25, -0.2) is 0 Å². The van der Waals surface area contributed by atoms with Gasteiger partial charge in [-0.3, -0.25) is 4.68 Å². The fourth-order valence-corrected chi connectivity index (χ4v) is 2.48. The summed E-state index contributed by atoms with van der Waals surface area (Å²) in [6.45, 7) is 5.34. The molecule has 0 amide bonds. The molecular formula is C14H22N4O. The topological polar surface area (TPSA) is 60.2 Å². The van der Waals surface area contributed by atoms with E-state index in [1.807, 2.05) is 44.8 Å². The van der Waals surface area contributed by atoms with Crippen LogP contribution in [-0.4, -0.2) is 23.4 Å². The van der Waals surface area contributed by atoms with Crippen molar-refractivity contribution in [3.8, 4) is 0 Å². The Hall–Kier alpha value is -1.75. The SMILES string of the molecule is Cc1ccc(CN(C)c2c(CCN)c(C)nn2C)o1. The number of aryl methyl sites for hydroxylation is 3. The monoisotopic (exact) mass is 262 g/mol. The van der Waals surface area contributed by atoms with Gasteiger partial charge in [-0.05, 0) is 38.9 Å². The number of hydrogen-bond acceptors (Lipinski definition) is 4. The zero-order valence-corrected chi connectivity index (χ0v) is 12.1. The van der Waals surface area contributed by atoms with Crippen LogP contribution in [0.2, 0.25) is 0 Å². The minimum Gasteiger partial charge on any atom is -0.464 e. The van der Waals surface area contributed by atoms with E-state index in [0.29, 0.717) is 6.54 Å². The highest BCUT2D eigenvalue weighted by molar-refractivity contribution is 5.50. The van der Waals surface area contributed by atoms with Crippen LogP contribution in [0.25, 0.3) is 0 Å². The molecule has 0 aliphatic heterocycles. The van der Waals surface area contributed by atoms with Crippen molar-refractivity contribution in [2.45, 2.75) is 26.8 Å². The van der Waals surface area contributed by atoms with Crippen molar-refractivity contribution in [2.75, 3.05) is 18.5 Å². The lowest BCUT2D eigenvalue weighted by Crippen LogP contribution is -2.21. The Morgan fingerprint density at radius 2 is 2.11 bits per heavy atom. The molecule has 104 valence electrons. The van der Waals surface area contributed by atoms with Crippen molar-refractivity contribution in [2.24, 2.45) is 12.8 Å². The fourth-order valence-electron chi connectivity index (χ4n) is 2.48. The standard InChI is InChI=1S/C14H22N4O/c1-10-5-6-12(19-10)9-17(3)14-13(7-8-15)11(2)16-18(14)4/h5-6H,7-9,15H2,1-4H3. The molecule has 0 spiro atoms. The largest absolute Gasteiger partial charge is 0.464 e. The summed E-state index contributed by atoms with van der Waals surface area (Å²) in [5.41, 5.74) is 7.95. The van der Waals surface area contributed by atoms with Gasteiger partial charge in [0.1, 0.15) is 17.3 Å². The van der Waals surface area contributed by atoms with E-state index < -0.39 is 0 Å². The number of furan rings is 1. The van der Waals surface area contributed by atoms with E-state index in [4.69, 9.17) is 10.2 Å². The van der Waals surface area contributed by atoms with E-state index in [0.717, 1.165) is 36.0 Å². The summed E-state index contributed by atoms with van der Waals surface area (Å²) in [6.07, 6.45) is 0.844. The van der Waals surface area contributed by atoms with E-state index in [1.165, 1.54) is 5.56 Å². The van der Waals surface area contributed by atoms with E-state index in [9.17, 15) is 0 Å². The first kappa shape index (κ1) is 13.7. The Balaban J connectivity index is 2.25. The van der Waals surface area contributed by atoms with Crippen LogP contribution in [0.1, 0.15) is 22.8 Å². The number of anilines is 1. The summed E-state index contributed by atoms with van der Waals surface area (Å²) in [7, 11) is 4.01. The molecular weight excluding hydrogens is 240 g/mol. The van der Waals surface area contributed by atoms with Gasteiger partial charge in [-0.1, -0.05) is 0 Å². The second kappa shape index (κ2) is 5.48. The van der Waals surface area contributed by atoms with Gasteiger partial charge in [0, 0.05) is 19.7 Å². The first-order valence-corrected chi connectivity index (χ1v) is 6.52. The lowest BCUT2D eigenvalue weighted by Gasteiger charge is -2.20. The van der Waals surface area contributed by atoms with Gasteiger partial charge in [0.05, 0.1) is 12.2 Å². The summed E-state index contributed by atoms with van der Waals surface area (Å²) in [6, 6.07) is 4.00. The zero-order valence-electron chi connectivity index (χ0n) is 12.1. The molecule has 0 saturated heterocycles. The van der Waals surface area contributed by atoms with Crippen LogP contribution in [0.5, 0.6) is 0 Å². The lowest BCUT2D eigenvalue weighted by molar-refractivity contribution is 0.480. The van der Waals surface area contributed by atoms with Crippen LogP contribution in [0.3, 0.4) is 0 Å². The van der Waals surface area contributed by atoms with Crippen molar-refractivity contribution >= 4 is 5.82 Å². The predicted molar refractivity (Wildman–Crippen MR) is 76.3 cm³/mol. The van der Waals surface area contributed by atoms with Gasteiger partial charge >= 0.3 is 0 Å². The van der Waals surface area contributed by atoms with Crippen LogP contribution in [0.4, 0.5) is 5.82 Å². The van der Waals surface area contributed by atoms with Gasteiger partial charge in [-0.2, -0.15) is 5.10 Å². The Morgan fingerprint density at radius 1 is 1.37 bits per heavy atom. The summed E-state index contributed by atoms with van der Waals surface area (Å²) < 4.78 is 7.54. The highest BCUT2D eigenvalue weighted by Crippen LogP contribution is 2.24. The molecule has 0 unspecified atom stereocenters. The normalized spacial score (nSPS) is 11.0. The molecule has 2 aromatic heterocycles. The molecule has 2 aromatic rings. The maximum Gasteiger partial charge on any atom is 0.130 e. The molecule has 2 rings (SSSR count). The first-order valence-electron chi connectivity index (χ1n) is 6.52. The Labute approximate surface area is 114 Å². The maximum atomic E-state index is 5.69. The second-order valence-corrected chi connectivity index (χ2v) is 4.92. The average molecular weight is 262 g/mol. The lowest BCUT2D eigenvalue weighted by atomic mass is 10.1. The molecule has 5 heteroatoms. The molecule has 0 bridgehead atoms. The summed E-state index contributed by atoms with van der Waals surface area (Å²) in [5, 5.41) is 4.49. The van der Waals surface area contributed by atoms with E-state index in [2.05, 4.69) is 10.00 Å². The molecule has 19 heavy (non-hydrogen) atoms. The fraction of sp³-hybridized carbons (Fsp3) is 0.500. The van der Waals surface area contributed by atoms with Crippen LogP contribution in [0, 0.1) is 13.8 Å². The number of nitrogens with two attached hydrogens (primary N) is 1. The van der Waals surface area contributed by atoms with Crippen LogP contribution in [0.15, 0.2) is 16.5 Å². The summed E-state index contributed by atoms with van der Waals surface area (Å²) in [4.78, 5) is 2.16. The van der Waals surface area contributed by atoms with E-state index in [-0.39, 0.29) is 0 Å². The molecule has 0 fully saturated rings. The molecule has 2 N–H and O–H groups in total. The third kappa shape index (κ3) is 2.81. The van der Waals surface area contributed by atoms with E-state index >= 15 is 0 Å². The van der Waals surface area contributed by atoms with Crippen molar-refractivity contribution in [3.63, 3.8) is 0 Å². The number of nitrogens with zero attached hydrogens (tertiary/aromatic N) is 3. The molecule has 0 aliphatic carbocycles. The van der Waals surface area contributed by atoms with Gasteiger partial charge < -0.3 is 15.1 Å². The number of rotatable bonds is 5. The van der Waals surface area contributed by atoms with Gasteiger partial charge in [0.2, 0.25) is 0 Å². The van der Waals surface area contributed by atoms with Crippen LogP contribution in [-0.2, 0) is 20.0 Å². The van der Waals surface area contributed by atoms with Crippen molar-refractivity contribution in [1.82, 2.24) is 9.78 Å². The second-order valence-electron chi connectivity index (χ2n) is 4.92. The quantitative estimate of drug-likeness (QED) is 0.892. The highest BCUT2D eigenvalue weighted by Gasteiger charge is 2.17. The molecule has 0 radical (unpaired) electrons. The van der Waals surface area contributed by atoms with Crippen molar-refractivity contribution in [3.05, 3.63) is 34.9 Å². The maximum absolute atomic E-state index is 5.69. The molecule has 0 aromatic carbocycles. The molecule has 0 atom stereocenters. The molecule has 5 nitrogen and oxygen atoms in total. The van der Waals surface area contributed by atoms with Crippen LogP contribution < -0.4 is 10.6 Å². The van der Waals surface area contributed by atoms with Crippen LogP contribution >= 0.6 is 0 Å². The minimum atomic E-state index is 0.632. The molecule has 2 heterocycles. The third-order valence-corrected chi connectivity index (χ3v) is 3.26. The Morgan fingerprint density at radius 3 is 2.68 bits per heavy atom. The minimum absolute atomic E-state index is 0.632. The van der Waals surface area contributed by atoms with Gasteiger partial charge in [0.25, 0.3) is 0 Å². The van der Waals surface area contributed by atoms with Gasteiger partial charge in [-0.15, -0.1) is 0 Å². The average Bonchev–Trinajstić information content (AvgIpc) is 2.84. The van der Waals surface area contributed by atoms with E-state index in [1.54, 1.807) is 0 Å². The zero-order chi connectivity index (χ0) is 14.0. The first-order chi connectivity index (χ1) is 9.02. The predicted octanol–water partition coefficient (Wildman–Crippen LogP) is 1.77. The Kier molecular flexibility index (Phi) is 3.95. The third-order valence-electron chi connectivity index (χ3n) is 3.26. The summed E-state index contributed by atoms with van der Waals surface area (Å²) >= 11 is 0. The molecule has 0 aliphatic rings. The Bertz CT molecular complexity index is 556.